The maximum atomic E-state index is 12.6. The van der Waals surface area contributed by atoms with Crippen LogP contribution in [0.15, 0.2) is 89.8 Å². The van der Waals surface area contributed by atoms with Crippen LogP contribution in [0.3, 0.4) is 0 Å². The summed E-state index contributed by atoms with van der Waals surface area (Å²) < 4.78 is 80.4. The van der Waals surface area contributed by atoms with E-state index in [-0.39, 0.29) is 184 Å². The molecule has 0 saturated heterocycles. The molecule has 0 aliphatic carbocycles. The molecular weight excluding hydrogens is 1090 g/mol. The van der Waals surface area contributed by atoms with Gasteiger partial charge in [-0.1, -0.05) is 42.1 Å². The van der Waals surface area contributed by atoms with Crippen LogP contribution < -0.4 is 145 Å². The van der Waals surface area contributed by atoms with Crippen LogP contribution in [0.1, 0.15) is 70.9 Å². The normalized spacial score (nSPS) is 11.6. The van der Waals surface area contributed by atoms with Crippen molar-refractivity contribution in [2.45, 2.75) is 63.6 Å². The van der Waals surface area contributed by atoms with Crippen LogP contribution in [-0.2, 0) is 57.4 Å². The van der Waals surface area contributed by atoms with Gasteiger partial charge in [-0.2, -0.15) is 58.3 Å². The first-order valence-electron chi connectivity index (χ1n) is 22.4. The summed E-state index contributed by atoms with van der Waals surface area (Å²) in [6.45, 7) is 9.71. The number of aromatic carboxylic acids is 1. The summed E-state index contributed by atoms with van der Waals surface area (Å²) in [5.74, 6) is 0.828. The number of carbonyl (C=O) groups excluding carboxylic acids is 3. The Balaban J connectivity index is 0.00000509. The largest absolute Gasteiger partial charge is 1.00 e. The molecule has 392 valence electrons. The van der Waals surface area contributed by atoms with Gasteiger partial charge in [0.05, 0.1) is 50.0 Å². The van der Waals surface area contributed by atoms with Gasteiger partial charge in [-0.15, -0.1) is 60.7 Å². The number of nitrogens with one attached hydrogen (secondary N) is 4. The number of carboxylic acid groups (broad SMARTS) is 1. The molecule has 2 heterocycles. The summed E-state index contributed by atoms with van der Waals surface area (Å²) in [6.07, 6.45) is 3.95. The SMILES string of the molecule is CNC(C)COCC(C)OCCOCC(C)Nc1nc(Cc2ccc(C(=O)[O-])cc2)nc(Nc2ccc(/C=C/c3[c-]cc(Cc4nc(C)nc(Nc5cc[c-]cc5)n4)cc3)c(S(=O)(=O)[O-])c2)n1.O=C=O.O=S(=O)=O.[Na+].[Na+].[Na+].[Na+]. The molecule has 29 heteroatoms. The summed E-state index contributed by atoms with van der Waals surface area (Å²) >= 11 is 0. The standard InChI is InChI=1S/C48H54N10O8S.CO2.4Na.O3S/c1-31(49-5)28-65-30-33(3)66-24-23-64-29-32(2)50-46-56-44(26-37-16-19-39(20-17-37)45(59)60)57-48(58-46)54-41-22-21-38(42(27-41)67(61,62)63)18-15-35-11-13-36(14-12-35)25-43-51-34(4)52-47(55-43)53-40-9-7-6-8-10-40;2-1-3;;;;;1-4(2)3/h7-11,13-22,27,31-33,49H,23-26,28-30H2,1-5H3,(H,59,60)(H,61,62,63)(H,51,52,53,55)(H2,50,54,56,57,58);;;;;;/q-2;;4*+1;/p-2/b18-15+;;;;;;. The van der Waals surface area contributed by atoms with Gasteiger partial charge in [0.2, 0.25) is 17.8 Å². The molecule has 3 atom stereocenters. The van der Waals surface area contributed by atoms with Crippen LogP contribution in [0, 0.1) is 19.1 Å². The second kappa shape index (κ2) is 39.6. The van der Waals surface area contributed by atoms with E-state index in [4.69, 9.17) is 36.4 Å². The molecule has 4 aromatic carbocycles. The number of benzene rings is 4. The quantitative estimate of drug-likeness (QED) is 0.0136. The molecule has 0 bridgehead atoms. The van der Waals surface area contributed by atoms with Gasteiger partial charge in [-0.25, -0.2) is 13.4 Å². The Labute approximate surface area is 542 Å². The van der Waals surface area contributed by atoms with Gasteiger partial charge >= 0.3 is 135 Å². The van der Waals surface area contributed by atoms with Gasteiger partial charge in [0.15, 0.2) is 0 Å². The van der Waals surface area contributed by atoms with Gasteiger partial charge in [-0.05, 0) is 70.0 Å². The fourth-order valence-electron chi connectivity index (χ4n) is 6.34. The number of carboxylic acids is 1. The predicted molar refractivity (Wildman–Crippen MR) is 265 cm³/mol. The van der Waals surface area contributed by atoms with Crippen molar-refractivity contribution in [3.8, 4) is 0 Å². The number of rotatable bonds is 25. The summed E-state index contributed by atoms with van der Waals surface area (Å²) in [5, 5.41) is 23.8. The molecular formula is C49H52N10Na4O13S2. The maximum Gasteiger partial charge on any atom is 1.00 e. The van der Waals surface area contributed by atoms with E-state index >= 15 is 0 Å². The number of likely N-dealkylation sites (N-methyl/N-ethyl adjacent to an activating group) is 1. The van der Waals surface area contributed by atoms with Crippen molar-refractivity contribution >= 4 is 74.2 Å². The van der Waals surface area contributed by atoms with Gasteiger partial charge < -0.3 is 49.9 Å². The smallest absolute Gasteiger partial charge is 0.744 e. The van der Waals surface area contributed by atoms with Crippen molar-refractivity contribution in [2.75, 3.05) is 56.0 Å². The first kappa shape index (κ1) is 74.3. The van der Waals surface area contributed by atoms with E-state index in [0.29, 0.717) is 67.4 Å². The average molecular weight is 1150 g/mol. The molecule has 3 unspecified atom stereocenters. The third-order valence-corrected chi connectivity index (χ3v) is 10.7. The topological polar surface area (TPSA) is 336 Å². The Morgan fingerprint density at radius 2 is 1.31 bits per heavy atom. The number of nitrogens with zero attached hydrogens (tertiary/aromatic N) is 6. The molecule has 0 spiro atoms. The molecule has 0 radical (unpaired) electrons. The zero-order valence-electron chi connectivity index (χ0n) is 44.7. The molecule has 0 aliphatic heterocycles. The summed E-state index contributed by atoms with van der Waals surface area (Å²) in [5.41, 5.74) is 3.48. The minimum atomic E-state index is -4.95. The van der Waals surface area contributed by atoms with Gasteiger partial charge in [0.25, 0.3) is 0 Å². The van der Waals surface area contributed by atoms with Crippen molar-refractivity contribution in [3.63, 3.8) is 0 Å². The number of hydrogen-bond donors (Lipinski definition) is 4. The zero-order valence-corrected chi connectivity index (χ0v) is 54.4. The zero-order chi connectivity index (χ0) is 54.0. The minimum absolute atomic E-state index is 0. The summed E-state index contributed by atoms with van der Waals surface area (Å²) in [6, 6.07) is 29.4. The molecule has 0 amide bonds. The van der Waals surface area contributed by atoms with Crippen molar-refractivity contribution in [2.24, 2.45) is 0 Å². The van der Waals surface area contributed by atoms with Crippen LogP contribution in [-0.4, -0.2) is 126 Å². The van der Waals surface area contributed by atoms with Crippen molar-refractivity contribution in [3.05, 3.63) is 142 Å². The van der Waals surface area contributed by atoms with E-state index in [1.54, 1.807) is 49.4 Å². The Kier molecular flexibility index (Phi) is 37.7. The molecule has 0 aliphatic rings. The van der Waals surface area contributed by atoms with E-state index in [1.165, 1.54) is 30.3 Å². The van der Waals surface area contributed by atoms with Crippen LogP contribution in [0.25, 0.3) is 12.2 Å². The van der Waals surface area contributed by atoms with E-state index in [0.717, 1.165) is 11.3 Å². The third kappa shape index (κ3) is 29.1. The number of aromatic nitrogens is 6. The third-order valence-electron chi connectivity index (χ3n) is 9.83. The molecule has 0 fully saturated rings. The van der Waals surface area contributed by atoms with E-state index in [2.05, 4.69) is 63.3 Å². The van der Waals surface area contributed by atoms with Crippen LogP contribution >= 0.6 is 0 Å². The summed E-state index contributed by atoms with van der Waals surface area (Å²) in [7, 11) is -6.18. The number of hydrogen-bond acceptors (Lipinski definition) is 23. The Morgan fingerprint density at radius 1 is 0.731 bits per heavy atom. The van der Waals surface area contributed by atoms with Gasteiger partial charge in [0, 0.05) is 24.2 Å². The van der Waals surface area contributed by atoms with E-state index in [9.17, 15) is 22.9 Å². The molecule has 6 aromatic rings. The van der Waals surface area contributed by atoms with Crippen LogP contribution in [0.5, 0.6) is 0 Å². The predicted octanol–water partition coefficient (Wildman–Crippen LogP) is -8.65. The van der Waals surface area contributed by atoms with E-state index < -0.39 is 31.6 Å². The number of aryl methyl sites for hydroxylation is 1. The number of ether oxygens (including phenoxy) is 3. The van der Waals surface area contributed by atoms with Crippen molar-refractivity contribution < 1.29 is 178 Å². The Bertz CT molecular complexity index is 3060. The molecule has 23 nitrogen and oxygen atoms in total. The second-order valence-electron chi connectivity index (χ2n) is 15.9. The van der Waals surface area contributed by atoms with Crippen LogP contribution in [0.2, 0.25) is 0 Å². The molecule has 0 saturated carbocycles. The Morgan fingerprint density at radius 3 is 1.91 bits per heavy atom. The monoisotopic (exact) mass is 1140 g/mol. The van der Waals surface area contributed by atoms with Gasteiger partial charge in [0.1, 0.15) is 27.6 Å². The number of anilines is 5. The Hall–Kier alpha value is -3.74. The molecule has 78 heavy (non-hydrogen) atoms. The second-order valence-corrected chi connectivity index (χ2v) is 17.7. The minimum Gasteiger partial charge on any atom is -0.744 e. The molecule has 6 rings (SSSR count). The summed E-state index contributed by atoms with van der Waals surface area (Å²) in [4.78, 5) is 54.2. The fourth-order valence-corrected chi connectivity index (χ4v) is 7.04. The van der Waals surface area contributed by atoms with Crippen molar-refractivity contribution in [1.29, 1.82) is 0 Å². The van der Waals surface area contributed by atoms with Gasteiger partial charge in [-0.3, -0.25) is 0 Å². The molecule has 2 aromatic heterocycles. The molecule has 4 N–H and O–H groups in total. The first-order valence-corrected chi connectivity index (χ1v) is 24.8. The van der Waals surface area contributed by atoms with Crippen molar-refractivity contribution in [1.82, 2.24) is 35.2 Å². The van der Waals surface area contributed by atoms with Crippen LogP contribution in [0.4, 0.5) is 29.2 Å². The fraction of sp³-hybridized carbons (Fsp3) is 0.306. The first-order chi connectivity index (χ1) is 35.3. The average Bonchev–Trinajstić information content (AvgIpc) is 3.34. The number of carbonyl (C=O) groups is 1. The maximum absolute atomic E-state index is 12.6. The van der Waals surface area contributed by atoms with E-state index in [1.807, 2.05) is 52.1 Å².